The number of hydrogen-bond acceptors (Lipinski definition) is 6. The third-order valence-corrected chi connectivity index (χ3v) is 8.26. The van der Waals surface area contributed by atoms with E-state index in [1.807, 2.05) is 107 Å². The fraction of sp³-hybridized carbons (Fsp3) is 0.361. The van der Waals surface area contributed by atoms with Crippen LogP contribution in [-0.2, 0) is 32.1 Å². The number of nitrogens with zero attached hydrogens (tertiary/aromatic N) is 3. The fourth-order valence-electron chi connectivity index (χ4n) is 5.48. The topological polar surface area (TPSA) is 132 Å². The summed E-state index contributed by atoms with van der Waals surface area (Å²) in [6, 6.07) is 24.5. The second-order valence-electron chi connectivity index (χ2n) is 12.6. The Bertz CT molecular complexity index is 1600. The number of nitrogens with one attached hydrogen (secondary N) is 1. The summed E-state index contributed by atoms with van der Waals surface area (Å²) < 4.78 is 5.54. The number of amides is 2. The van der Waals surface area contributed by atoms with Gasteiger partial charge in [-0.25, -0.2) is 5.01 Å². The summed E-state index contributed by atoms with van der Waals surface area (Å²) >= 11 is 0. The molecule has 234 valence electrons. The number of benzene rings is 3. The number of carbonyl (C=O) groups is 3. The zero-order valence-electron chi connectivity index (χ0n) is 26.4. The van der Waals surface area contributed by atoms with Gasteiger partial charge in [-0.2, -0.15) is 5.26 Å². The Balaban J connectivity index is 1.54. The molecule has 0 aliphatic carbocycles. The zero-order chi connectivity index (χ0) is 32.7. The molecule has 2 amide bonds. The SMILES string of the molecule is Cc1c(CC(C(=O)O)C(C)(C)C)cccc1NC(=O)C(c1ccc(CN2N=C(c3ccccc3)OCC2=O)cc1)C(C)CC#N. The van der Waals surface area contributed by atoms with Gasteiger partial charge in [0.05, 0.1) is 24.4 Å². The zero-order valence-corrected chi connectivity index (χ0v) is 26.4. The van der Waals surface area contributed by atoms with E-state index in [-0.39, 0.29) is 37.3 Å². The molecule has 3 unspecified atom stereocenters. The monoisotopic (exact) mass is 608 g/mol. The van der Waals surface area contributed by atoms with Gasteiger partial charge in [-0.1, -0.05) is 82.3 Å². The molecule has 4 rings (SSSR count). The smallest absolute Gasteiger partial charge is 0.307 e. The molecule has 3 atom stereocenters. The van der Waals surface area contributed by atoms with E-state index in [4.69, 9.17) is 4.74 Å². The largest absolute Gasteiger partial charge is 0.481 e. The first-order valence-corrected chi connectivity index (χ1v) is 15.0. The number of hydrazone groups is 1. The van der Waals surface area contributed by atoms with E-state index in [9.17, 15) is 24.8 Å². The van der Waals surface area contributed by atoms with Gasteiger partial charge >= 0.3 is 5.97 Å². The van der Waals surface area contributed by atoms with Crippen molar-refractivity contribution in [2.45, 2.75) is 59.9 Å². The van der Waals surface area contributed by atoms with Gasteiger partial charge in [-0.15, -0.1) is 5.10 Å². The maximum Gasteiger partial charge on any atom is 0.307 e. The molecule has 0 fully saturated rings. The molecular formula is C36H40N4O5. The Morgan fingerprint density at radius 3 is 2.38 bits per heavy atom. The summed E-state index contributed by atoms with van der Waals surface area (Å²) in [6.07, 6.45) is 0.524. The van der Waals surface area contributed by atoms with Crippen LogP contribution in [0.2, 0.25) is 0 Å². The fourth-order valence-corrected chi connectivity index (χ4v) is 5.48. The van der Waals surface area contributed by atoms with Gasteiger partial charge in [0.1, 0.15) is 0 Å². The van der Waals surface area contributed by atoms with Gasteiger partial charge in [0, 0.05) is 17.7 Å². The van der Waals surface area contributed by atoms with Crippen molar-refractivity contribution in [3.63, 3.8) is 0 Å². The van der Waals surface area contributed by atoms with E-state index in [1.54, 1.807) is 0 Å². The van der Waals surface area contributed by atoms with E-state index < -0.39 is 23.2 Å². The molecular weight excluding hydrogens is 568 g/mol. The summed E-state index contributed by atoms with van der Waals surface area (Å²) in [5.74, 6) is -2.47. The number of ether oxygens (including phenoxy) is 1. The summed E-state index contributed by atoms with van der Waals surface area (Å²) in [4.78, 5) is 38.4. The molecule has 3 aromatic rings. The highest BCUT2D eigenvalue weighted by molar-refractivity contribution is 5.98. The lowest BCUT2D eigenvalue weighted by Crippen LogP contribution is -2.36. The molecule has 1 aliphatic heterocycles. The van der Waals surface area contributed by atoms with Crippen LogP contribution in [0.1, 0.15) is 67.9 Å². The van der Waals surface area contributed by atoms with Crippen LogP contribution in [0.3, 0.4) is 0 Å². The Hall–Kier alpha value is -4.97. The minimum absolute atomic E-state index is 0.104. The molecule has 3 aromatic carbocycles. The molecule has 9 nitrogen and oxygen atoms in total. The Morgan fingerprint density at radius 1 is 1.07 bits per heavy atom. The molecule has 45 heavy (non-hydrogen) atoms. The van der Waals surface area contributed by atoms with Crippen molar-refractivity contribution in [2.24, 2.45) is 22.4 Å². The lowest BCUT2D eigenvalue weighted by molar-refractivity contribution is -0.145. The molecule has 0 bridgehead atoms. The average molecular weight is 609 g/mol. The van der Waals surface area contributed by atoms with Crippen molar-refractivity contribution in [2.75, 3.05) is 11.9 Å². The third kappa shape index (κ3) is 8.15. The lowest BCUT2D eigenvalue weighted by Gasteiger charge is -2.28. The van der Waals surface area contributed by atoms with Crippen LogP contribution in [0, 0.1) is 35.5 Å². The first-order chi connectivity index (χ1) is 21.4. The number of carboxylic acid groups (broad SMARTS) is 1. The van der Waals surface area contributed by atoms with Crippen molar-refractivity contribution in [3.05, 3.63) is 101 Å². The van der Waals surface area contributed by atoms with Crippen LogP contribution in [0.4, 0.5) is 5.69 Å². The predicted molar refractivity (Wildman–Crippen MR) is 172 cm³/mol. The highest BCUT2D eigenvalue weighted by Gasteiger charge is 2.32. The molecule has 2 N–H and O–H groups in total. The Morgan fingerprint density at radius 2 is 1.76 bits per heavy atom. The summed E-state index contributed by atoms with van der Waals surface area (Å²) in [6.45, 7) is 9.62. The predicted octanol–water partition coefficient (Wildman–Crippen LogP) is 6.28. The molecule has 0 aromatic heterocycles. The molecule has 0 spiro atoms. The van der Waals surface area contributed by atoms with E-state index in [0.717, 1.165) is 27.8 Å². The highest BCUT2D eigenvalue weighted by Crippen LogP contribution is 2.33. The van der Waals surface area contributed by atoms with Gasteiger partial charge in [-0.3, -0.25) is 14.4 Å². The Labute approximate surface area is 264 Å². The molecule has 9 heteroatoms. The van der Waals surface area contributed by atoms with Crippen LogP contribution < -0.4 is 5.32 Å². The van der Waals surface area contributed by atoms with E-state index in [1.165, 1.54) is 5.01 Å². The quantitative estimate of drug-likeness (QED) is 0.263. The van der Waals surface area contributed by atoms with E-state index >= 15 is 0 Å². The minimum atomic E-state index is -0.855. The third-order valence-electron chi connectivity index (χ3n) is 8.26. The second kappa shape index (κ2) is 14.2. The number of carbonyl (C=O) groups excluding carboxylic acids is 2. The van der Waals surface area contributed by atoms with Gasteiger partial charge in [0.25, 0.3) is 5.91 Å². The van der Waals surface area contributed by atoms with Gasteiger partial charge in [0.15, 0.2) is 6.61 Å². The highest BCUT2D eigenvalue weighted by atomic mass is 16.5. The maximum absolute atomic E-state index is 13.8. The minimum Gasteiger partial charge on any atom is -0.481 e. The standard InChI is InChI=1S/C36H40N4O5/c1-23(18-19-37)32(33(42)38-30-13-9-12-28(24(30)2)20-29(35(43)44)36(3,4)5)26-16-14-25(15-17-26)21-40-31(41)22-45-34(39-40)27-10-7-6-8-11-27/h6-17,23,29,32H,18,20-22H2,1-5H3,(H,38,42)(H,43,44). The second-order valence-corrected chi connectivity index (χ2v) is 12.6. The number of aliphatic carboxylic acids is 1. The summed E-state index contributed by atoms with van der Waals surface area (Å²) in [7, 11) is 0. The molecule has 1 heterocycles. The number of anilines is 1. The van der Waals surface area contributed by atoms with E-state index in [0.29, 0.717) is 18.0 Å². The lowest BCUT2D eigenvalue weighted by atomic mass is 9.76. The van der Waals surface area contributed by atoms with Crippen LogP contribution in [0.5, 0.6) is 0 Å². The van der Waals surface area contributed by atoms with Gasteiger partial charge in [-0.05, 0) is 65.1 Å². The number of carboxylic acids is 1. The first-order valence-electron chi connectivity index (χ1n) is 15.0. The average Bonchev–Trinajstić information content (AvgIpc) is 2.99. The van der Waals surface area contributed by atoms with Gasteiger partial charge in [0.2, 0.25) is 11.8 Å². The Kier molecular flexibility index (Phi) is 10.4. The molecule has 1 aliphatic rings. The van der Waals surface area contributed by atoms with Crippen molar-refractivity contribution < 1.29 is 24.2 Å². The molecule has 0 saturated carbocycles. The maximum atomic E-state index is 13.8. The van der Waals surface area contributed by atoms with Crippen molar-refractivity contribution in [1.82, 2.24) is 5.01 Å². The first kappa shape index (κ1) is 32.9. The number of nitriles is 1. The van der Waals surface area contributed by atoms with Crippen LogP contribution >= 0.6 is 0 Å². The van der Waals surface area contributed by atoms with Crippen LogP contribution in [0.15, 0.2) is 77.9 Å². The van der Waals surface area contributed by atoms with E-state index in [2.05, 4.69) is 16.5 Å². The molecule has 0 saturated heterocycles. The van der Waals surface area contributed by atoms with Crippen molar-refractivity contribution in [3.8, 4) is 6.07 Å². The van der Waals surface area contributed by atoms with Gasteiger partial charge < -0.3 is 15.2 Å². The molecule has 0 radical (unpaired) electrons. The summed E-state index contributed by atoms with van der Waals surface area (Å²) in [5, 5.41) is 28.1. The number of hydrogen-bond donors (Lipinski definition) is 2. The van der Waals surface area contributed by atoms with Crippen molar-refractivity contribution >= 4 is 29.4 Å². The van der Waals surface area contributed by atoms with Crippen LogP contribution in [-0.4, -0.2) is 40.4 Å². The normalized spacial score (nSPS) is 15.2. The van der Waals surface area contributed by atoms with Crippen LogP contribution in [0.25, 0.3) is 0 Å². The van der Waals surface area contributed by atoms with Crippen molar-refractivity contribution in [1.29, 1.82) is 5.26 Å². The summed E-state index contributed by atoms with van der Waals surface area (Å²) in [5.41, 5.74) is 4.20. The number of rotatable bonds is 11.